The maximum atomic E-state index is 11.0. The van der Waals surface area contributed by atoms with Crippen LogP contribution < -0.4 is 16.2 Å². The second-order valence-electron chi connectivity index (χ2n) is 4.24. The van der Waals surface area contributed by atoms with Crippen molar-refractivity contribution in [1.29, 1.82) is 0 Å². The minimum atomic E-state index is -0.489. The number of anilines is 1. The van der Waals surface area contributed by atoms with E-state index in [2.05, 4.69) is 0 Å². The molecule has 0 fully saturated rings. The van der Waals surface area contributed by atoms with Gasteiger partial charge in [-0.3, -0.25) is 4.79 Å². The molecule has 20 heavy (non-hydrogen) atoms. The molecule has 2 aromatic rings. The molecule has 0 aliphatic rings. The predicted octanol–water partition coefficient (Wildman–Crippen LogP) is 2.67. The number of ether oxygens (including phenoxy) is 1. The van der Waals surface area contributed by atoms with Crippen LogP contribution in [0.5, 0.6) is 5.75 Å². The predicted molar refractivity (Wildman–Crippen MR) is 81.9 cm³/mol. The van der Waals surface area contributed by atoms with Crippen molar-refractivity contribution in [3.63, 3.8) is 0 Å². The zero-order valence-electron chi connectivity index (χ0n) is 11.1. The first-order valence-corrected chi connectivity index (χ1v) is 7.27. The monoisotopic (exact) mass is 288 g/mol. The van der Waals surface area contributed by atoms with E-state index in [0.717, 1.165) is 11.3 Å². The normalized spacial score (nSPS) is 10.2. The van der Waals surface area contributed by atoms with Gasteiger partial charge in [0.05, 0.1) is 0 Å². The zero-order chi connectivity index (χ0) is 14.5. The molecule has 2 aromatic carbocycles. The fourth-order valence-corrected chi connectivity index (χ4v) is 2.12. The van der Waals surface area contributed by atoms with Crippen LogP contribution in [0.15, 0.2) is 47.4 Å². The Morgan fingerprint density at radius 2 is 1.90 bits per heavy atom. The van der Waals surface area contributed by atoms with E-state index in [9.17, 15) is 4.79 Å². The molecule has 0 aliphatic heterocycles. The van der Waals surface area contributed by atoms with Crippen LogP contribution in [0.3, 0.4) is 0 Å². The lowest BCUT2D eigenvalue weighted by Gasteiger charge is -2.09. The van der Waals surface area contributed by atoms with Crippen LogP contribution in [-0.2, 0) is 6.61 Å². The third-order valence-electron chi connectivity index (χ3n) is 2.88. The smallest absolute Gasteiger partial charge is 0.248 e. The van der Waals surface area contributed by atoms with Crippen LogP contribution in [0, 0.1) is 0 Å². The minimum absolute atomic E-state index is 0.351. The summed E-state index contributed by atoms with van der Waals surface area (Å²) in [6.07, 6.45) is 2.02. The first-order chi connectivity index (χ1) is 9.60. The van der Waals surface area contributed by atoms with E-state index in [4.69, 9.17) is 16.2 Å². The second kappa shape index (κ2) is 6.34. The summed E-state index contributed by atoms with van der Waals surface area (Å²) in [6, 6.07) is 12.8. The summed E-state index contributed by atoms with van der Waals surface area (Å²) in [5.41, 5.74) is 12.8. The topological polar surface area (TPSA) is 78.3 Å². The van der Waals surface area contributed by atoms with Gasteiger partial charge < -0.3 is 16.2 Å². The van der Waals surface area contributed by atoms with Gasteiger partial charge in [-0.2, -0.15) is 0 Å². The summed E-state index contributed by atoms with van der Waals surface area (Å²) in [5.74, 6) is 0.290. The van der Waals surface area contributed by atoms with Crippen molar-refractivity contribution in [1.82, 2.24) is 0 Å². The second-order valence-corrected chi connectivity index (χ2v) is 5.12. The van der Waals surface area contributed by atoms with Gasteiger partial charge in [0.2, 0.25) is 5.91 Å². The quantitative estimate of drug-likeness (QED) is 0.655. The fourth-order valence-electron chi connectivity index (χ4n) is 1.71. The van der Waals surface area contributed by atoms with E-state index in [1.54, 1.807) is 30.0 Å². The summed E-state index contributed by atoms with van der Waals surface area (Å²) in [7, 11) is 0. The summed E-state index contributed by atoms with van der Waals surface area (Å²) in [6.45, 7) is 0.351. The van der Waals surface area contributed by atoms with E-state index >= 15 is 0 Å². The molecule has 5 heteroatoms. The number of nitrogens with two attached hydrogens (primary N) is 2. The van der Waals surface area contributed by atoms with Gasteiger partial charge in [0.15, 0.2) is 0 Å². The van der Waals surface area contributed by atoms with E-state index < -0.39 is 5.91 Å². The number of carbonyl (C=O) groups excluding carboxylic acids is 1. The minimum Gasteiger partial charge on any atom is -0.489 e. The average Bonchev–Trinajstić information content (AvgIpc) is 2.46. The molecule has 0 unspecified atom stereocenters. The van der Waals surface area contributed by atoms with Gasteiger partial charge in [-0.05, 0) is 42.7 Å². The van der Waals surface area contributed by atoms with Gasteiger partial charge in [0, 0.05) is 21.7 Å². The highest BCUT2D eigenvalue weighted by Gasteiger charge is 2.05. The molecule has 104 valence electrons. The Balaban J connectivity index is 2.04. The zero-order valence-corrected chi connectivity index (χ0v) is 11.9. The van der Waals surface area contributed by atoms with Crippen LogP contribution in [0.25, 0.3) is 0 Å². The number of primary amides is 1. The van der Waals surface area contributed by atoms with E-state index in [1.165, 1.54) is 4.90 Å². The molecule has 0 heterocycles. The molecular weight excluding hydrogens is 272 g/mol. The van der Waals surface area contributed by atoms with Crippen LogP contribution in [0.4, 0.5) is 5.69 Å². The van der Waals surface area contributed by atoms with Crippen molar-refractivity contribution in [2.45, 2.75) is 11.5 Å². The van der Waals surface area contributed by atoms with E-state index in [-0.39, 0.29) is 0 Å². The number of thioether (sulfide) groups is 1. The number of benzene rings is 2. The standard InChI is InChI=1S/C15H16N2O2S/c1-20-13-6-4-12(5-7-13)19-9-11-3-2-10(15(17)18)8-14(11)16/h2-8H,9,16H2,1H3,(H2,17,18). The number of carbonyl (C=O) groups is 1. The maximum absolute atomic E-state index is 11.0. The number of amides is 1. The van der Waals surface area contributed by atoms with Gasteiger partial charge in [-0.25, -0.2) is 0 Å². The number of hydrogen-bond acceptors (Lipinski definition) is 4. The van der Waals surface area contributed by atoms with Gasteiger partial charge in [0.1, 0.15) is 12.4 Å². The van der Waals surface area contributed by atoms with Crippen LogP contribution in [-0.4, -0.2) is 12.2 Å². The average molecular weight is 288 g/mol. The Kier molecular flexibility index (Phi) is 4.53. The summed E-state index contributed by atoms with van der Waals surface area (Å²) in [5, 5.41) is 0. The molecule has 0 aromatic heterocycles. The van der Waals surface area contributed by atoms with Crippen molar-refractivity contribution in [3.8, 4) is 5.75 Å². The fraction of sp³-hybridized carbons (Fsp3) is 0.133. The Labute approximate surface area is 122 Å². The molecule has 0 radical (unpaired) electrons. The molecule has 0 saturated carbocycles. The molecular formula is C15H16N2O2S. The lowest BCUT2D eigenvalue weighted by atomic mass is 10.1. The molecule has 0 aliphatic carbocycles. The Hall–Kier alpha value is -2.14. The Morgan fingerprint density at radius 3 is 2.45 bits per heavy atom. The SMILES string of the molecule is CSc1ccc(OCc2ccc(C(N)=O)cc2N)cc1. The highest BCUT2D eigenvalue weighted by atomic mass is 32.2. The van der Waals surface area contributed by atoms with Crippen molar-refractivity contribution < 1.29 is 9.53 Å². The molecule has 4 nitrogen and oxygen atoms in total. The van der Waals surface area contributed by atoms with Crippen molar-refractivity contribution in [3.05, 3.63) is 53.6 Å². The molecule has 0 atom stereocenters. The van der Waals surface area contributed by atoms with E-state index in [0.29, 0.717) is 17.9 Å². The first kappa shape index (κ1) is 14.3. The Morgan fingerprint density at radius 1 is 1.20 bits per heavy atom. The molecule has 4 N–H and O–H groups in total. The third kappa shape index (κ3) is 3.45. The summed E-state index contributed by atoms with van der Waals surface area (Å²) >= 11 is 1.68. The van der Waals surface area contributed by atoms with Gasteiger partial charge in [0.25, 0.3) is 0 Å². The van der Waals surface area contributed by atoms with Crippen LogP contribution in [0.1, 0.15) is 15.9 Å². The highest BCUT2D eigenvalue weighted by molar-refractivity contribution is 7.98. The molecule has 1 amide bonds. The Bertz CT molecular complexity index is 612. The molecule has 0 bridgehead atoms. The number of hydrogen-bond donors (Lipinski definition) is 2. The van der Waals surface area contributed by atoms with Gasteiger partial charge >= 0.3 is 0 Å². The summed E-state index contributed by atoms with van der Waals surface area (Å²) in [4.78, 5) is 12.2. The highest BCUT2D eigenvalue weighted by Crippen LogP contribution is 2.21. The van der Waals surface area contributed by atoms with Crippen molar-refractivity contribution in [2.24, 2.45) is 5.73 Å². The van der Waals surface area contributed by atoms with Crippen LogP contribution in [0.2, 0.25) is 0 Å². The molecule has 0 saturated heterocycles. The number of nitrogen functional groups attached to an aromatic ring is 1. The van der Waals surface area contributed by atoms with Gasteiger partial charge in [-0.1, -0.05) is 6.07 Å². The van der Waals surface area contributed by atoms with Crippen molar-refractivity contribution in [2.75, 3.05) is 12.0 Å². The molecule has 0 spiro atoms. The van der Waals surface area contributed by atoms with Crippen LogP contribution >= 0.6 is 11.8 Å². The molecule has 2 rings (SSSR count). The largest absolute Gasteiger partial charge is 0.489 e. The van der Waals surface area contributed by atoms with E-state index in [1.807, 2.05) is 30.5 Å². The van der Waals surface area contributed by atoms with Crippen molar-refractivity contribution >= 4 is 23.4 Å². The lowest BCUT2D eigenvalue weighted by molar-refractivity contribution is 0.100. The maximum Gasteiger partial charge on any atom is 0.248 e. The third-order valence-corrected chi connectivity index (χ3v) is 3.63. The first-order valence-electron chi connectivity index (χ1n) is 6.05. The lowest BCUT2D eigenvalue weighted by Crippen LogP contribution is -2.12. The number of rotatable bonds is 5. The van der Waals surface area contributed by atoms with Gasteiger partial charge in [-0.15, -0.1) is 11.8 Å². The summed E-state index contributed by atoms with van der Waals surface area (Å²) < 4.78 is 5.67.